The van der Waals surface area contributed by atoms with E-state index in [2.05, 4.69) is 10.1 Å². The van der Waals surface area contributed by atoms with Crippen LogP contribution in [-0.2, 0) is 9.47 Å². The molecule has 0 radical (unpaired) electrons. The number of cyclic esters (lactones) is 1. The quantitative estimate of drug-likeness (QED) is 0.837. The summed E-state index contributed by atoms with van der Waals surface area (Å²) in [5.41, 5.74) is 0.257. The number of benzene rings is 1. The zero-order chi connectivity index (χ0) is 19.2. The van der Waals surface area contributed by atoms with Crippen LogP contribution in [-0.4, -0.2) is 63.1 Å². The molecule has 4 rings (SSSR count). The third-order valence-corrected chi connectivity index (χ3v) is 6.67. The van der Waals surface area contributed by atoms with Crippen molar-refractivity contribution >= 4 is 35.3 Å². The van der Waals surface area contributed by atoms with Gasteiger partial charge in [0.05, 0.1) is 25.9 Å². The molecule has 1 N–H and O–H groups in total. The number of hydrogen-bond acceptors (Lipinski definition) is 6. The molecule has 0 unspecified atom stereocenters. The smallest absolute Gasteiger partial charge is 0.414 e. The number of amides is 2. The molecule has 3 aliphatic heterocycles. The van der Waals surface area contributed by atoms with Crippen molar-refractivity contribution in [2.45, 2.75) is 6.10 Å². The van der Waals surface area contributed by atoms with E-state index in [0.717, 1.165) is 28.5 Å². The van der Waals surface area contributed by atoms with E-state index in [4.69, 9.17) is 4.74 Å². The van der Waals surface area contributed by atoms with Crippen molar-refractivity contribution in [3.63, 3.8) is 0 Å². The van der Waals surface area contributed by atoms with Crippen molar-refractivity contribution in [1.82, 2.24) is 5.32 Å². The van der Waals surface area contributed by atoms with Crippen LogP contribution in [0.1, 0.15) is 0 Å². The summed E-state index contributed by atoms with van der Waals surface area (Å²) < 4.78 is 38.8. The van der Waals surface area contributed by atoms with Crippen molar-refractivity contribution < 1.29 is 27.8 Å². The van der Waals surface area contributed by atoms with Crippen LogP contribution < -0.4 is 15.1 Å². The van der Waals surface area contributed by atoms with E-state index in [1.165, 1.54) is 7.11 Å². The molecule has 0 aliphatic carbocycles. The van der Waals surface area contributed by atoms with Crippen molar-refractivity contribution in [2.24, 2.45) is 5.41 Å². The summed E-state index contributed by atoms with van der Waals surface area (Å²) in [6.45, 7) is 1.43. The van der Waals surface area contributed by atoms with Crippen LogP contribution in [0.2, 0.25) is 0 Å². The minimum absolute atomic E-state index is 0.0438. The van der Waals surface area contributed by atoms with Gasteiger partial charge < -0.3 is 19.7 Å². The number of carbonyl (C=O) groups excluding carboxylic acids is 2. The monoisotopic (exact) mass is 399 g/mol. The number of rotatable bonds is 4. The number of hydrogen-bond donors (Lipinski definition) is 1. The zero-order valence-electron chi connectivity index (χ0n) is 14.7. The Morgan fingerprint density at radius 1 is 1.37 bits per heavy atom. The summed E-state index contributed by atoms with van der Waals surface area (Å²) in [5.74, 6) is 0.670. The second-order valence-corrected chi connectivity index (χ2v) is 8.08. The van der Waals surface area contributed by atoms with Crippen LogP contribution in [0.5, 0.6) is 0 Å². The van der Waals surface area contributed by atoms with Gasteiger partial charge in [0, 0.05) is 42.1 Å². The summed E-state index contributed by atoms with van der Waals surface area (Å²) in [4.78, 5) is 26.0. The highest BCUT2D eigenvalue weighted by Crippen LogP contribution is 2.48. The van der Waals surface area contributed by atoms with E-state index in [-0.39, 0.29) is 29.9 Å². The number of nitrogens with one attached hydrogen (secondary N) is 1. The van der Waals surface area contributed by atoms with Crippen LogP contribution in [0.25, 0.3) is 0 Å². The number of halogens is 2. The first-order chi connectivity index (χ1) is 12.9. The Morgan fingerprint density at radius 3 is 2.59 bits per heavy atom. The largest absolute Gasteiger partial charge is 0.453 e. The number of methoxy groups -OCH3 is 1. The predicted octanol–water partition coefficient (Wildman–Crippen LogP) is 2.20. The SMILES string of the molecule is COC(=O)NC[C@H]1CN(c2cc(F)c(N3CC4(CSC4)C3)c(F)c2)C(=O)O1. The summed E-state index contributed by atoms with van der Waals surface area (Å²) in [5, 5.41) is 2.43. The van der Waals surface area contributed by atoms with Gasteiger partial charge >= 0.3 is 12.2 Å². The average molecular weight is 399 g/mol. The molecule has 3 saturated heterocycles. The molecule has 3 heterocycles. The molecule has 7 nitrogen and oxygen atoms in total. The minimum Gasteiger partial charge on any atom is -0.453 e. The maximum Gasteiger partial charge on any atom is 0.414 e. The molecule has 1 atom stereocenters. The molecule has 2 amide bonds. The lowest BCUT2D eigenvalue weighted by Gasteiger charge is -2.56. The Bertz CT molecular complexity index is 758. The zero-order valence-corrected chi connectivity index (χ0v) is 15.5. The fraction of sp³-hybridized carbons (Fsp3) is 0.529. The van der Waals surface area contributed by atoms with Crippen molar-refractivity contribution in [2.75, 3.05) is 54.6 Å². The number of thioether (sulfide) groups is 1. The van der Waals surface area contributed by atoms with Gasteiger partial charge in [-0.1, -0.05) is 0 Å². The summed E-state index contributed by atoms with van der Waals surface area (Å²) in [7, 11) is 1.22. The normalized spacial score (nSPS) is 22.9. The number of ether oxygens (including phenoxy) is 2. The molecule has 0 aromatic heterocycles. The van der Waals surface area contributed by atoms with Gasteiger partial charge in [-0.2, -0.15) is 11.8 Å². The fourth-order valence-corrected chi connectivity index (χ4v) is 4.76. The van der Waals surface area contributed by atoms with E-state index >= 15 is 0 Å². The van der Waals surface area contributed by atoms with Crippen molar-refractivity contribution in [3.8, 4) is 0 Å². The van der Waals surface area contributed by atoms with Gasteiger partial charge in [0.25, 0.3) is 0 Å². The fourth-order valence-electron chi connectivity index (χ4n) is 3.61. The van der Waals surface area contributed by atoms with E-state index in [1.54, 1.807) is 4.90 Å². The lowest BCUT2D eigenvalue weighted by atomic mass is 9.82. The summed E-state index contributed by atoms with van der Waals surface area (Å²) in [6.07, 6.45) is -2.00. The molecule has 27 heavy (non-hydrogen) atoms. The maximum atomic E-state index is 14.6. The molecule has 0 saturated carbocycles. The standard InChI is InChI=1S/C17H19F2N3O4S/c1-25-15(23)20-4-11-5-22(16(24)26-11)10-2-12(18)14(13(19)3-10)21-6-17(7-21)8-27-9-17/h2-3,11H,4-9H2,1H3,(H,20,23)/t11-/m0/s1. The predicted molar refractivity (Wildman–Crippen MR) is 96.4 cm³/mol. The Kier molecular flexibility index (Phi) is 4.53. The van der Waals surface area contributed by atoms with E-state index in [1.807, 2.05) is 11.8 Å². The molecule has 3 aliphatic rings. The molecule has 1 aromatic rings. The van der Waals surface area contributed by atoms with E-state index in [0.29, 0.717) is 13.1 Å². The molecule has 3 fully saturated rings. The van der Waals surface area contributed by atoms with Crippen LogP contribution >= 0.6 is 11.8 Å². The Labute approximate surface area is 159 Å². The van der Waals surface area contributed by atoms with Gasteiger partial charge in [-0.05, 0) is 0 Å². The van der Waals surface area contributed by atoms with Crippen molar-refractivity contribution in [1.29, 1.82) is 0 Å². The molecule has 1 spiro atoms. The first-order valence-electron chi connectivity index (χ1n) is 8.52. The van der Waals surface area contributed by atoms with Crippen LogP contribution in [0.3, 0.4) is 0 Å². The Morgan fingerprint density at radius 2 is 2.04 bits per heavy atom. The average Bonchev–Trinajstić information content (AvgIpc) is 2.93. The third kappa shape index (κ3) is 3.26. The number of carbonyl (C=O) groups is 2. The van der Waals surface area contributed by atoms with E-state index < -0.39 is 29.9 Å². The molecule has 0 bridgehead atoms. The number of nitrogens with zero attached hydrogens (tertiary/aromatic N) is 2. The first-order valence-corrected chi connectivity index (χ1v) is 9.68. The van der Waals surface area contributed by atoms with Gasteiger partial charge in [0.2, 0.25) is 0 Å². The van der Waals surface area contributed by atoms with Crippen LogP contribution in [0, 0.1) is 17.0 Å². The first kappa shape index (κ1) is 18.1. The van der Waals surface area contributed by atoms with Gasteiger partial charge in [-0.3, -0.25) is 4.90 Å². The number of anilines is 2. The topological polar surface area (TPSA) is 71.1 Å². The summed E-state index contributed by atoms with van der Waals surface area (Å²) in [6, 6.07) is 2.30. The molecule has 146 valence electrons. The minimum atomic E-state index is -0.715. The second kappa shape index (κ2) is 6.74. The van der Waals surface area contributed by atoms with Gasteiger partial charge in [-0.15, -0.1) is 0 Å². The number of alkyl carbamates (subject to hydrolysis) is 1. The lowest BCUT2D eigenvalue weighted by Crippen LogP contribution is -2.63. The van der Waals surface area contributed by atoms with E-state index in [9.17, 15) is 18.4 Å². The lowest BCUT2D eigenvalue weighted by molar-refractivity contribution is 0.132. The van der Waals surface area contributed by atoms with Crippen LogP contribution in [0.15, 0.2) is 12.1 Å². The Balaban J connectivity index is 1.45. The molecule has 10 heteroatoms. The van der Waals surface area contributed by atoms with Gasteiger partial charge in [0.1, 0.15) is 11.8 Å². The highest BCUT2D eigenvalue weighted by atomic mass is 32.2. The second-order valence-electron chi connectivity index (χ2n) is 7.10. The molecular weight excluding hydrogens is 380 g/mol. The van der Waals surface area contributed by atoms with Crippen LogP contribution in [0.4, 0.5) is 29.7 Å². The summed E-state index contributed by atoms with van der Waals surface area (Å²) >= 11 is 1.85. The molecule has 1 aromatic carbocycles. The van der Waals surface area contributed by atoms with Gasteiger partial charge in [0.15, 0.2) is 11.6 Å². The third-order valence-electron chi connectivity index (χ3n) is 5.03. The van der Waals surface area contributed by atoms with Gasteiger partial charge in [-0.25, -0.2) is 18.4 Å². The Hall–Kier alpha value is -2.23. The highest BCUT2D eigenvalue weighted by molar-refractivity contribution is 8.00. The highest BCUT2D eigenvalue weighted by Gasteiger charge is 2.49. The maximum absolute atomic E-state index is 14.6. The molecular formula is C17H19F2N3O4S. The van der Waals surface area contributed by atoms with Crippen molar-refractivity contribution in [3.05, 3.63) is 23.8 Å².